The van der Waals surface area contributed by atoms with Gasteiger partial charge >= 0.3 is 0 Å². The van der Waals surface area contributed by atoms with Gasteiger partial charge in [-0.2, -0.15) is 0 Å². The van der Waals surface area contributed by atoms with E-state index >= 15 is 0 Å². The predicted octanol–water partition coefficient (Wildman–Crippen LogP) is 2.49. The van der Waals surface area contributed by atoms with Crippen LogP contribution in [0.2, 0.25) is 0 Å². The van der Waals surface area contributed by atoms with Gasteiger partial charge in [0, 0.05) is 12.7 Å². The van der Waals surface area contributed by atoms with E-state index in [9.17, 15) is 0 Å². The van der Waals surface area contributed by atoms with Crippen LogP contribution in [0.3, 0.4) is 0 Å². The summed E-state index contributed by atoms with van der Waals surface area (Å²) < 4.78 is 11.4. The Balaban J connectivity index is 1.78. The van der Waals surface area contributed by atoms with Gasteiger partial charge in [0.1, 0.15) is 6.33 Å². The van der Waals surface area contributed by atoms with Crippen LogP contribution in [-0.2, 0) is 4.74 Å². The molecule has 0 bridgehead atoms. The number of ether oxygens (including phenoxy) is 2. The van der Waals surface area contributed by atoms with E-state index in [0.717, 1.165) is 25.1 Å². The molecule has 2 fully saturated rings. The Morgan fingerprint density at radius 2 is 2.19 bits per heavy atom. The van der Waals surface area contributed by atoms with E-state index in [-0.39, 0.29) is 11.6 Å². The second-order valence-electron chi connectivity index (χ2n) is 6.24. The van der Waals surface area contributed by atoms with Crippen molar-refractivity contribution in [1.82, 2.24) is 15.3 Å². The molecule has 1 aromatic heterocycles. The first-order chi connectivity index (χ1) is 10.3. The van der Waals surface area contributed by atoms with E-state index in [1.807, 2.05) is 13.1 Å². The summed E-state index contributed by atoms with van der Waals surface area (Å²) in [5.41, 5.74) is 1.15. The van der Waals surface area contributed by atoms with E-state index in [2.05, 4.69) is 15.3 Å². The summed E-state index contributed by atoms with van der Waals surface area (Å²) in [4.78, 5) is 8.56. The minimum Gasteiger partial charge on any atom is -0.481 e. The SMILES string of the molecule is CNC(c1cc(OC)ncn1)C1CCOC2(CCCC2)C1. The summed E-state index contributed by atoms with van der Waals surface area (Å²) in [7, 11) is 3.65. The number of hydrogen-bond donors (Lipinski definition) is 1. The molecule has 1 aromatic rings. The van der Waals surface area contributed by atoms with Gasteiger partial charge in [0.05, 0.1) is 24.4 Å². The quantitative estimate of drug-likeness (QED) is 0.923. The lowest BCUT2D eigenvalue weighted by Gasteiger charge is -2.41. The van der Waals surface area contributed by atoms with Crippen LogP contribution in [0.5, 0.6) is 5.88 Å². The lowest BCUT2D eigenvalue weighted by Crippen LogP contribution is -2.41. The topological polar surface area (TPSA) is 56.3 Å². The van der Waals surface area contributed by atoms with Gasteiger partial charge in [0.15, 0.2) is 0 Å². The van der Waals surface area contributed by atoms with Crippen LogP contribution in [0.15, 0.2) is 12.4 Å². The fraction of sp³-hybridized carbons (Fsp3) is 0.750. The van der Waals surface area contributed by atoms with Crippen LogP contribution in [0, 0.1) is 5.92 Å². The van der Waals surface area contributed by atoms with E-state index in [1.54, 1.807) is 13.4 Å². The Hall–Kier alpha value is -1.20. The summed E-state index contributed by atoms with van der Waals surface area (Å²) in [5.74, 6) is 1.18. The average molecular weight is 291 g/mol. The number of methoxy groups -OCH3 is 1. The molecule has 0 amide bonds. The molecular weight excluding hydrogens is 266 g/mol. The fourth-order valence-corrected chi connectivity index (χ4v) is 3.98. The second-order valence-corrected chi connectivity index (χ2v) is 6.24. The third-order valence-corrected chi connectivity index (χ3v) is 5.02. The molecule has 1 saturated heterocycles. The molecule has 2 heterocycles. The number of rotatable bonds is 4. The molecule has 2 unspecified atom stereocenters. The van der Waals surface area contributed by atoms with Crippen LogP contribution in [-0.4, -0.2) is 36.3 Å². The summed E-state index contributed by atoms with van der Waals surface area (Å²) in [6.07, 6.45) is 8.84. The Kier molecular flexibility index (Phi) is 4.40. The van der Waals surface area contributed by atoms with Gasteiger partial charge < -0.3 is 14.8 Å². The molecule has 1 aliphatic heterocycles. The van der Waals surface area contributed by atoms with Crippen LogP contribution in [0.4, 0.5) is 0 Å². The van der Waals surface area contributed by atoms with Gasteiger partial charge in [-0.3, -0.25) is 0 Å². The average Bonchev–Trinajstić information content (AvgIpc) is 2.96. The molecule has 1 N–H and O–H groups in total. The minimum atomic E-state index is 0.134. The molecule has 2 aliphatic rings. The largest absolute Gasteiger partial charge is 0.481 e. The molecule has 5 nitrogen and oxygen atoms in total. The summed E-state index contributed by atoms with van der Waals surface area (Å²) >= 11 is 0. The van der Waals surface area contributed by atoms with Crippen molar-refractivity contribution < 1.29 is 9.47 Å². The molecule has 5 heteroatoms. The van der Waals surface area contributed by atoms with Gasteiger partial charge in [-0.15, -0.1) is 0 Å². The summed E-state index contributed by atoms with van der Waals surface area (Å²) in [6.45, 7) is 0.866. The van der Waals surface area contributed by atoms with Crippen molar-refractivity contribution in [3.8, 4) is 5.88 Å². The first-order valence-corrected chi connectivity index (χ1v) is 7.93. The van der Waals surface area contributed by atoms with E-state index in [0.29, 0.717) is 11.8 Å². The molecule has 1 aliphatic carbocycles. The standard InChI is InChI=1S/C16H25N3O2/c1-17-15(13-9-14(20-2)19-11-18-13)12-5-8-21-16(10-12)6-3-4-7-16/h9,11-12,15,17H,3-8,10H2,1-2H3. The molecule has 116 valence electrons. The number of hydrogen-bond acceptors (Lipinski definition) is 5. The van der Waals surface area contributed by atoms with E-state index in [1.165, 1.54) is 25.7 Å². The molecule has 21 heavy (non-hydrogen) atoms. The van der Waals surface area contributed by atoms with E-state index in [4.69, 9.17) is 9.47 Å². The maximum absolute atomic E-state index is 6.15. The number of nitrogens with zero attached hydrogens (tertiary/aromatic N) is 2. The lowest BCUT2D eigenvalue weighted by molar-refractivity contribution is -0.0980. The van der Waals surface area contributed by atoms with Crippen molar-refractivity contribution in [2.75, 3.05) is 20.8 Å². The Bertz CT molecular complexity index is 474. The van der Waals surface area contributed by atoms with Crippen molar-refractivity contribution in [2.45, 2.75) is 50.2 Å². The number of nitrogens with one attached hydrogen (secondary N) is 1. The van der Waals surface area contributed by atoms with Crippen LogP contribution < -0.4 is 10.1 Å². The van der Waals surface area contributed by atoms with Gasteiger partial charge in [-0.25, -0.2) is 9.97 Å². The lowest BCUT2D eigenvalue weighted by atomic mass is 9.79. The number of aromatic nitrogens is 2. The first-order valence-electron chi connectivity index (χ1n) is 7.93. The first kappa shape index (κ1) is 14.7. The van der Waals surface area contributed by atoms with Crippen LogP contribution in [0.1, 0.15) is 50.3 Å². The Morgan fingerprint density at radius 1 is 1.38 bits per heavy atom. The molecule has 0 aromatic carbocycles. The highest BCUT2D eigenvalue weighted by atomic mass is 16.5. The van der Waals surface area contributed by atoms with Crippen molar-refractivity contribution in [1.29, 1.82) is 0 Å². The van der Waals surface area contributed by atoms with Crippen molar-refractivity contribution >= 4 is 0 Å². The summed E-state index contributed by atoms with van der Waals surface area (Å²) in [5, 5.41) is 3.44. The van der Waals surface area contributed by atoms with Crippen molar-refractivity contribution in [3.05, 3.63) is 18.1 Å². The highest BCUT2D eigenvalue weighted by molar-refractivity contribution is 5.17. The highest BCUT2D eigenvalue weighted by Gasteiger charge is 2.42. The van der Waals surface area contributed by atoms with Crippen molar-refractivity contribution in [2.24, 2.45) is 5.92 Å². The van der Waals surface area contributed by atoms with Gasteiger partial charge in [-0.1, -0.05) is 12.8 Å². The zero-order valence-corrected chi connectivity index (χ0v) is 13.0. The molecule has 1 spiro atoms. The fourth-order valence-electron chi connectivity index (χ4n) is 3.98. The second kappa shape index (κ2) is 6.28. The molecule has 1 saturated carbocycles. The van der Waals surface area contributed by atoms with Crippen molar-refractivity contribution in [3.63, 3.8) is 0 Å². The highest BCUT2D eigenvalue weighted by Crippen LogP contribution is 2.45. The smallest absolute Gasteiger partial charge is 0.216 e. The third kappa shape index (κ3) is 3.04. The maximum atomic E-state index is 6.15. The normalized spacial score (nSPS) is 25.9. The van der Waals surface area contributed by atoms with Gasteiger partial charge in [0.2, 0.25) is 5.88 Å². The Labute approximate surface area is 126 Å². The molecule has 3 rings (SSSR count). The third-order valence-electron chi connectivity index (χ3n) is 5.02. The Morgan fingerprint density at radius 3 is 2.90 bits per heavy atom. The molecular formula is C16H25N3O2. The zero-order chi connectivity index (χ0) is 14.7. The van der Waals surface area contributed by atoms with E-state index < -0.39 is 0 Å². The van der Waals surface area contributed by atoms with Gasteiger partial charge in [0.25, 0.3) is 0 Å². The van der Waals surface area contributed by atoms with Crippen LogP contribution in [0.25, 0.3) is 0 Å². The van der Waals surface area contributed by atoms with Crippen LogP contribution >= 0.6 is 0 Å². The monoisotopic (exact) mass is 291 g/mol. The molecule has 0 radical (unpaired) electrons. The maximum Gasteiger partial charge on any atom is 0.216 e. The summed E-state index contributed by atoms with van der Waals surface area (Å²) in [6, 6.07) is 2.18. The predicted molar refractivity (Wildman–Crippen MR) is 80.3 cm³/mol. The minimum absolute atomic E-state index is 0.134. The zero-order valence-electron chi connectivity index (χ0n) is 13.0. The molecule has 2 atom stereocenters. The van der Waals surface area contributed by atoms with Gasteiger partial charge in [-0.05, 0) is 38.6 Å².